The molecule has 0 saturated carbocycles. The first-order valence-corrected chi connectivity index (χ1v) is 10.6. The highest BCUT2D eigenvalue weighted by atomic mass is 16.2. The number of piperidine rings is 1. The van der Waals surface area contributed by atoms with Gasteiger partial charge in [-0.3, -0.25) is 19.7 Å². The summed E-state index contributed by atoms with van der Waals surface area (Å²) < 4.78 is 1.75. The van der Waals surface area contributed by atoms with E-state index in [1.54, 1.807) is 9.58 Å². The van der Waals surface area contributed by atoms with E-state index >= 15 is 0 Å². The molecule has 2 fully saturated rings. The van der Waals surface area contributed by atoms with Gasteiger partial charge in [-0.25, -0.2) is 4.68 Å². The SMILES string of the molecule is Cn1nc([C@H]2CCCN2)nc1NCc1ccc2c(c1)CN(C1CCC(=O)NC1=O)C2=O. The van der Waals surface area contributed by atoms with E-state index in [0.29, 0.717) is 31.0 Å². The molecule has 0 aliphatic carbocycles. The summed E-state index contributed by atoms with van der Waals surface area (Å²) in [6.45, 7) is 1.91. The Morgan fingerprint density at radius 2 is 2.10 bits per heavy atom. The van der Waals surface area contributed by atoms with E-state index < -0.39 is 11.9 Å². The van der Waals surface area contributed by atoms with Crippen LogP contribution in [0.5, 0.6) is 0 Å². The number of anilines is 1. The maximum atomic E-state index is 12.8. The van der Waals surface area contributed by atoms with Crippen LogP contribution in [0.4, 0.5) is 5.95 Å². The van der Waals surface area contributed by atoms with Crippen molar-refractivity contribution < 1.29 is 14.4 Å². The molecular weight excluding hydrogens is 398 g/mol. The lowest BCUT2D eigenvalue weighted by molar-refractivity contribution is -0.136. The van der Waals surface area contributed by atoms with Crippen LogP contribution in [0.3, 0.4) is 0 Å². The minimum atomic E-state index is -0.597. The monoisotopic (exact) mass is 423 g/mol. The summed E-state index contributed by atoms with van der Waals surface area (Å²) in [5, 5.41) is 13.6. The third-order valence-corrected chi connectivity index (χ3v) is 6.19. The van der Waals surface area contributed by atoms with Crippen molar-refractivity contribution in [3.8, 4) is 0 Å². The van der Waals surface area contributed by atoms with E-state index in [-0.39, 0.29) is 24.3 Å². The van der Waals surface area contributed by atoms with Crippen molar-refractivity contribution in [3.05, 3.63) is 40.7 Å². The molecule has 10 nitrogen and oxygen atoms in total. The number of hydrogen-bond donors (Lipinski definition) is 3. The molecule has 3 aliphatic heterocycles. The zero-order valence-corrected chi connectivity index (χ0v) is 17.4. The fourth-order valence-electron chi connectivity index (χ4n) is 4.53. The molecule has 3 amide bonds. The highest BCUT2D eigenvalue weighted by Crippen LogP contribution is 2.28. The van der Waals surface area contributed by atoms with Gasteiger partial charge in [0.05, 0.1) is 6.04 Å². The van der Waals surface area contributed by atoms with Crippen LogP contribution in [0, 0.1) is 0 Å². The molecule has 3 N–H and O–H groups in total. The Balaban J connectivity index is 1.26. The maximum Gasteiger partial charge on any atom is 0.255 e. The number of aromatic nitrogens is 3. The van der Waals surface area contributed by atoms with Crippen LogP contribution in [-0.4, -0.2) is 50.0 Å². The van der Waals surface area contributed by atoms with Crippen molar-refractivity contribution in [2.75, 3.05) is 11.9 Å². The lowest BCUT2D eigenvalue weighted by atomic mass is 10.0. The van der Waals surface area contributed by atoms with E-state index in [9.17, 15) is 14.4 Å². The zero-order chi connectivity index (χ0) is 21.5. The quantitative estimate of drug-likeness (QED) is 0.603. The number of benzene rings is 1. The highest BCUT2D eigenvalue weighted by Gasteiger charge is 2.39. The lowest BCUT2D eigenvalue weighted by Crippen LogP contribution is -2.52. The number of carbonyl (C=O) groups excluding carboxylic acids is 3. The van der Waals surface area contributed by atoms with Crippen molar-refractivity contribution in [1.29, 1.82) is 0 Å². The predicted molar refractivity (Wildman–Crippen MR) is 111 cm³/mol. The van der Waals surface area contributed by atoms with Crippen molar-refractivity contribution in [2.45, 2.75) is 50.9 Å². The Kier molecular flexibility index (Phi) is 4.93. The van der Waals surface area contributed by atoms with Gasteiger partial charge in [0.15, 0.2) is 5.82 Å². The van der Waals surface area contributed by atoms with Gasteiger partial charge in [0, 0.05) is 32.1 Å². The van der Waals surface area contributed by atoms with Crippen molar-refractivity contribution in [3.63, 3.8) is 0 Å². The number of aryl methyl sites for hydroxylation is 1. The molecule has 0 spiro atoms. The first-order valence-electron chi connectivity index (χ1n) is 10.6. The highest BCUT2D eigenvalue weighted by molar-refractivity contribution is 6.05. The summed E-state index contributed by atoms with van der Waals surface area (Å²) >= 11 is 0. The van der Waals surface area contributed by atoms with Crippen molar-refractivity contribution >= 4 is 23.7 Å². The van der Waals surface area contributed by atoms with Crippen LogP contribution in [0.15, 0.2) is 18.2 Å². The molecule has 4 heterocycles. The standard InChI is InChI=1S/C21H25N7O3/c1-27-21(25-18(26-27)15-3-2-8-22-15)23-10-12-4-5-14-13(9-12)11-28(20(14)31)16-6-7-17(29)24-19(16)30/h4-5,9,15-16,22H,2-3,6-8,10-11H2,1H3,(H,23,25,26)(H,24,29,30)/t15-,16?/m1/s1. The predicted octanol–water partition coefficient (Wildman–Crippen LogP) is 0.613. The Hall–Kier alpha value is -3.27. The Bertz CT molecular complexity index is 1060. The average molecular weight is 423 g/mol. The molecule has 2 aromatic rings. The lowest BCUT2D eigenvalue weighted by Gasteiger charge is -2.29. The number of nitrogens with zero attached hydrogens (tertiary/aromatic N) is 4. The van der Waals surface area contributed by atoms with Gasteiger partial charge in [-0.2, -0.15) is 10.1 Å². The second-order valence-electron chi connectivity index (χ2n) is 8.31. The number of amides is 3. The summed E-state index contributed by atoms with van der Waals surface area (Å²) in [6, 6.07) is 5.33. The van der Waals surface area contributed by atoms with Crippen LogP contribution in [0.25, 0.3) is 0 Å². The molecule has 5 rings (SSSR count). The van der Waals surface area contributed by atoms with Gasteiger partial charge >= 0.3 is 0 Å². The maximum absolute atomic E-state index is 12.8. The normalized spacial score (nSPS) is 23.3. The van der Waals surface area contributed by atoms with Crippen molar-refractivity contribution in [2.24, 2.45) is 7.05 Å². The number of imide groups is 1. The largest absolute Gasteiger partial charge is 0.350 e. The Morgan fingerprint density at radius 1 is 1.23 bits per heavy atom. The third kappa shape index (κ3) is 3.67. The molecular formula is C21H25N7O3. The molecule has 2 atom stereocenters. The van der Waals surface area contributed by atoms with Crippen LogP contribution >= 0.6 is 0 Å². The smallest absolute Gasteiger partial charge is 0.255 e. The number of rotatable bonds is 5. The second-order valence-corrected chi connectivity index (χ2v) is 8.31. The van der Waals surface area contributed by atoms with E-state index in [2.05, 4.69) is 26.0 Å². The van der Waals surface area contributed by atoms with Crippen LogP contribution in [-0.2, 0) is 29.7 Å². The summed E-state index contributed by atoms with van der Waals surface area (Å²) in [4.78, 5) is 42.6. The van der Waals surface area contributed by atoms with Gasteiger partial charge in [-0.1, -0.05) is 12.1 Å². The molecule has 31 heavy (non-hydrogen) atoms. The van der Waals surface area contributed by atoms with E-state index in [1.165, 1.54) is 0 Å². The molecule has 1 aromatic heterocycles. The van der Waals surface area contributed by atoms with Crippen LogP contribution in [0.2, 0.25) is 0 Å². The first-order chi connectivity index (χ1) is 15.0. The number of hydrogen-bond acceptors (Lipinski definition) is 7. The second kappa shape index (κ2) is 7.77. The number of carbonyl (C=O) groups is 3. The van der Waals surface area contributed by atoms with Gasteiger partial charge in [-0.15, -0.1) is 0 Å². The molecule has 2 saturated heterocycles. The minimum Gasteiger partial charge on any atom is -0.350 e. The first kappa shape index (κ1) is 19.7. The summed E-state index contributed by atoms with van der Waals surface area (Å²) in [5.41, 5.74) is 2.52. The summed E-state index contributed by atoms with van der Waals surface area (Å²) in [6.07, 6.45) is 2.80. The molecule has 162 valence electrons. The van der Waals surface area contributed by atoms with Gasteiger partial charge < -0.3 is 15.5 Å². The average Bonchev–Trinajstić information content (AvgIpc) is 3.46. The number of nitrogens with one attached hydrogen (secondary N) is 3. The molecule has 10 heteroatoms. The van der Waals surface area contributed by atoms with E-state index in [4.69, 9.17) is 0 Å². The third-order valence-electron chi connectivity index (χ3n) is 6.19. The summed E-state index contributed by atoms with van der Waals surface area (Å²) in [7, 11) is 1.87. The molecule has 0 bridgehead atoms. The van der Waals surface area contributed by atoms with Crippen molar-refractivity contribution in [1.82, 2.24) is 30.3 Å². The molecule has 1 aromatic carbocycles. The fraction of sp³-hybridized carbons (Fsp3) is 0.476. The molecule has 0 radical (unpaired) electrons. The van der Waals surface area contributed by atoms with E-state index in [1.807, 2.05) is 25.2 Å². The van der Waals surface area contributed by atoms with Crippen LogP contribution < -0.4 is 16.0 Å². The fourth-order valence-corrected chi connectivity index (χ4v) is 4.53. The van der Waals surface area contributed by atoms with E-state index in [0.717, 1.165) is 36.3 Å². The Labute approximate surface area is 179 Å². The van der Waals surface area contributed by atoms with Gasteiger partial charge in [-0.05, 0) is 43.0 Å². The minimum absolute atomic E-state index is 0.161. The topological polar surface area (TPSA) is 121 Å². The molecule has 1 unspecified atom stereocenters. The van der Waals surface area contributed by atoms with Crippen LogP contribution in [0.1, 0.15) is 59.0 Å². The van der Waals surface area contributed by atoms with Gasteiger partial charge in [0.1, 0.15) is 6.04 Å². The summed E-state index contributed by atoms with van der Waals surface area (Å²) in [5.74, 6) is 0.668. The van der Waals surface area contributed by atoms with Gasteiger partial charge in [0.25, 0.3) is 5.91 Å². The van der Waals surface area contributed by atoms with Gasteiger partial charge in [0.2, 0.25) is 17.8 Å². The molecule has 3 aliphatic rings. The Morgan fingerprint density at radius 3 is 2.87 bits per heavy atom. The number of fused-ring (bicyclic) bond motifs is 1. The zero-order valence-electron chi connectivity index (χ0n) is 17.4.